The summed E-state index contributed by atoms with van der Waals surface area (Å²) >= 11 is 5.58. The zero-order chi connectivity index (χ0) is 28.6. The van der Waals surface area contributed by atoms with E-state index in [0.29, 0.717) is 11.4 Å². The van der Waals surface area contributed by atoms with Crippen LogP contribution in [-0.4, -0.2) is 35.3 Å². The molecule has 0 atom stereocenters. The van der Waals surface area contributed by atoms with Gasteiger partial charge in [0.2, 0.25) is 5.91 Å². The van der Waals surface area contributed by atoms with Crippen molar-refractivity contribution in [3.05, 3.63) is 77.1 Å². The standard InChI is InChI=1S/C24H20ClF3N6O5/c1-13(35)30-12-21(36)33-34-22(37)20-11-17(8-9-29-20)39-16-5-2-14(3-6-16)31-23(38)32-15-4-7-19(25)18(10-15)24(26,27)28/h2-11H,12H2,1H3,(H,30,35)(H,33,36)(H,34,37)(H2,31,32,38). The number of rotatable bonds is 7. The Hall–Kier alpha value is -4.85. The van der Waals surface area contributed by atoms with Gasteiger partial charge < -0.3 is 20.7 Å². The molecular formula is C24H20ClF3N6O5. The Balaban J connectivity index is 1.55. The Morgan fingerprint density at radius 3 is 2.23 bits per heavy atom. The van der Waals surface area contributed by atoms with Crippen molar-refractivity contribution in [3.63, 3.8) is 0 Å². The predicted molar refractivity (Wildman–Crippen MR) is 134 cm³/mol. The highest BCUT2D eigenvalue weighted by Gasteiger charge is 2.33. The van der Waals surface area contributed by atoms with Gasteiger partial charge in [0.1, 0.15) is 17.2 Å². The molecule has 1 heterocycles. The van der Waals surface area contributed by atoms with Crippen molar-refractivity contribution in [3.8, 4) is 11.5 Å². The molecule has 0 aliphatic heterocycles. The van der Waals surface area contributed by atoms with Crippen LogP contribution in [0.5, 0.6) is 11.5 Å². The summed E-state index contributed by atoms with van der Waals surface area (Å²) in [6, 6.07) is 11.0. The van der Waals surface area contributed by atoms with Gasteiger partial charge in [0.15, 0.2) is 0 Å². The molecule has 0 saturated carbocycles. The number of hydrogen-bond donors (Lipinski definition) is 5. The predicted octanol–water partition coefficient (Wildman–Crippen LogP) is 4.09. The zero-order valence-electron chi connectivity index (χ0n) is 20.0. The molecule has 0 bridgehead atoms. The topological polar surface area (TPSA) is 151 Å². The van der Waals surface area contributed by atoms with Gasteiger partial charge in [-0.2, -0.15) is 13.2 Å². The van der Waals surface area contributed by atoms with E-state index in [1.807, 2.05) is 0 Å². The lowest BCUT2D eigenvalue weighted by atomic mass is 10.2. The van der Waals surface area contributed by atoms with Gasteiger partial charge in [-0.25, -0.2) is 4.79 Å². The van der Waals surface area contributed by atoms with Gasteiger partial charge in [-0.1, -0.05) is 11.6 Å². The summed E-state index contributed by atoms with van der Waals surface area (Å²) in [7, 11) is 0. The molecule has 5 N–H and O–H groups in total. The van der Waals surface area contributed by atoms with Crippen LogP contribution in [0.25, 0.3) is 0 Å². The minimum Gasteiger partial charge on any atom is -0.457 e. The van der Waals surface area contributed by atoms with E-state index in [-0.39, 0.29) is 23.7 Å². The van der Waals surface area contributed by atoms with Gasteiger partial charge in [0, 0.05) is 30.6 Å². The van der Waals surface area contributed by atoms with Gasteiger partial charge in [0.05, 0.1) is 17.1 Å². The maximum atomic E-state index is 13.0. The highest BCUT2D eigenvalue weighted by atomic mass is 35.5. The van der Waals surface area contributed by atoms with Crippen LogP contribution in [0.4, 0.5) is 29.3 Å². The Morgan fingerprint density at radius 2 is 1.56 bits per heavy atom. The van der Waals surface area contributed by atoms with Crippen molar-refractivity contribution in [1.29, 1.82) is 0 Å². The third-order valence-electron chi connectivity index (χ3n) is 4.65. The molecular weight excluding hydrogens is 545 g/mol. The monoisotopic (exact) mass is 564 g/mol. The number of halogens is 4. The van der Waals surface area contributed by atoms with Crippen LogP contribution < -0.4 is 31.5 Å². The van der Waals surface area contributed by atoms with Crippen LogP contribution in [0.15, 0.2) is 60.8 Å². The normalized spacial score (nSPS) is 10.7. The van der Waals surface area contributed by atoms with Crippen LogP contribution in [0.3, 0.4) is 0 Å². The molecule has 2 aromatic carbocycles. The second-order valence-electron chi connectivity index (χ2n) is 7.69. The molecule has 3 rings (SSSR count). The SMILES string of the molecule is CC(=O)NCC(=O)NNC(=O)c1cc(Oc2ccc(NC(=O)Nc3ccc(Cl)c(C(F)(F)F)c3)cc2)ccn1. The van der Waals surface area contributed by atoms with E-state index in [1.165, 1.54) is 55.6 Å². The van der Waals surface area contributed by atoms with E-state index >= 15 is 0 Å². The summed E-state index contributed by atoms with van der Waals surface area (Å²) in [5.41, 5.74) is 3.34. The molecule has 204 valence electrons. The third-order valence-corrected chi connectivity index (χ3v) is 4.98. The fourth-order valence-electron chi connectivity index (χ4n) is 2.89. The average molecular weight is 565 g/mol. The number of alkyl halides is 3. The summed E-state index contributed by atoms with van der Waals surface area (Å²) in [5.74, 6) is -1.22. The Bertz CT molecular complexity index is 1390. The number of hydrazine groups is 1. The number of nitrogens with one attached hydrogen (secondary N) is 5. The van der Waals surface area contributed by atoms with Gasteiger partial charge in [-0.05, 0) is 48.5 Å². The zero-order valence-corrected chi connectivity index (χ0v) is 20.7. The van der Waals surface area contributed by atoms with Gasteiger partial charge in [-0.3, -0.25) is 30.2 Å². The molecule has 0 aliphatic carbocycles. The number of aromatic nitrogens is 1. The van der Waals surface area contributed by atoms with Crippen LogP contribution in [-0.2, 0) is 15.8 Å². The number of amides is 5. The molecule has 0 unspecified atom stereocenters. The molecule has 39 heavy (non-hydrogen) atoms. The van der Waals surface area contributed by atoms with Gasteiger partial charge in [0.25, 0.3) is 11.8 Å². The Morgan fingerprint density at radius 1 is 0.897 bits per heavy atom. The molecule has 0 saturated heterocycles. The fraction of sp³-hybridized carbons (Fsp3) is 0.125. The van der Waals surface area contributed by atoms with Crippen LogP contribution in [0.2, 0.25) is 5.02 Å². The summed E-state index contributed by atoms with van der Waals surface area (Å²) in [6.45, 7) is 0.919. The number of hydrogen-bond acceptors (Lipinski definition) is 6. The summed E-state index contributed by atoms with van der Waals surface area (Å²) in [5, 5.41) is 6.56. The Labute approximate surface area is 224 Å². The molecule has 0 aliphatic rings. The number of pyridine rings is 1. The summed E-state index contributed by atoms with van der Waals surface area (Å²) in [4.78, 5) is 50.7. The van der Waals surface area contributed by atoms with Crippen molar-refractivity contribution >= 4 is 46.7 Å². The first-order valence-electron chi connectivity index (χ1n) is 10.9. The minimum absolute atomic E-state index is 0.0711. The third kappa shape index (κ3) is 8.89. The number of benzene rings is 2. The quantitative estimate of drug-likeness (QED) is 0.273. The first-order chi connectivity index (χ1) is 18.4. The molecule has 0 radical (unpaired) electrons. The second kappa shape index (κ2) is 12.6. The maximum Gasteiger partial charge on any atom is 0.417 e. The Kier molecular flexibility index (Phi) is 9.28. The smallest absolute Gasteiger partial charge is 0.417 e. The molecule has 5 amide bonds. The van der Waals surface area contributed by atoms with Crippen molar-refractivity contribution < 1.29 is 37.1 Å². The van der Waals surface area contributed by atoms with E-state index in [4.69, 9.17) is 16.3 Å². The molecule has 1 aromatic heterocycles. The van der Waals surface area contributed by atoms with E-state index in [0.717, 1.165) is 12.1 Å². The summed E-state index contributed by atoms with van der Waals surface area (Å²) < 4.78 is 44.7. The molecule has 3 aromatic rings. The second-order valence-corrected chi connectivity index (χ2v) is 8.09. The highest BCUT2D eigenvalue weighted by molar-refractivity contribution is 6.31. The van der Waals surface area contributed by atoms with E-state index < -0.39 is 40.5 Å². The van der Waals surface area contributed by atoms with Crippen molar-refractivity contribution in [2.45, 2.75) is 13.1 Å². The lowest BCUT2D eigenvalue weighted by Gasteiger charge is -2.13. The van der Waals surface area contributed by atoms with Crippen molar-refractivity contribution in [2.24, 2.45) is 0 Å². The molecule has 15 heteroatoms. The number of carbonyl (C=O) groups excluding carboxylic acids is 4. The number of anilines is 2. The highest BCUT2D eigenvalue weighted by Crippen LogP contribution is 2.36. The lowest BCUT2D eigenvalue weighted by Crippen LogP contribution is -2.46. The van der Waals surface area contributed by atoms with Crippen molar-refractivity contribution in [1.82, 2.24) is 21.2 Å². The molecule has 11 nitrogen and oxygen atoms in total. The van der Waals surface area contributed by atoms with Gasteiger partial charge in [-0.15, -0.1) is 0 Å². The number of urea groups is 1. The van der Waals surface area contributed by atoms with Crippen LogP contribution >= 0.6 is 11.6 Å². The average Bonchev–Trinajstić information content (AvgIpc) is 2.87. The van der Waals surface area contributed by atoms with Crippen molar-refractivity contribution in [2.75, 3.05) is 17.2 Å². The largest absolute Gasteiger partial charge is 0.457 e. The summed E-state index contributed by atoms with van der Waals surface area (Å²) in [6.07, 6.45) is -3.37. The fourth-order valence-corrected chi connectivity index (χ4v) is 3.12. The first-order valence-corrected chi connectivity index (χ1v) is 11.3. The van der Waals surface area contributed by atoms with Crippen LogP contribution in [0, 0.1) is 0 Å². The number of carbonyl (C=O) groups is 4. The van der Waals surface area contributed by atoms with Crippen LogP contribution in [0.1, 0.15) is 23.0 Å². The number of ether oxygens (including phenoxy) is 1. The van der Waals surface area contributed by atoms with E-state index in [1.54, 1.807) is 0 Å². The number of nitrogens with zero attached hydrogens (tertiary/aromatic N) is 1. The lowest BCUT2D eigenvalue weighted by molar-refractivity contribution is -0.137. The molecule has 0 fully saturated rings. The van der Waals surface area contributed by atoms with E-state index in [2.05, 4.69) is 31.8 Å². The maximum absolute atomic E-state index is 13.0. The minimum atomic E-state index is -4.68. The first kappa shape index (κ1) is 28.7. The molecule has 0 spiro atoms. The van der Waals surface area contributed by atoms with E-state index in [9.17, 15) is 32.3 Å². The van der Waals surface area contributed by atoms with Gasteiger partial charge >= 0.3 is 12.2 Å².